The summed E-state index contributed by atoms with van der Waals surface area (Å²) in [6.45, 7) is 4.17. The van der Waals surface area contributed by atoms with Crippen LogP contribution in [0.4, 0.5) is 22.9 Å². The summed E-state index contributed by atoms with van der Waals surface area (Å²) in [5, 5.41) is 8.46. The number of amidine groups is 2. The van der Waals surface area contributed by atoms with Crippen molar-refractivity contribution in [3.63, 3.8) is 0 Å². The molecule has 206 valence electrons. The molecule has 8 heteroatoms. The Morgan fingerprint density at radius 1 is 0.857 bits per heavy atom. The fourth-order valence-corrected chi connectivity index (χ4v) is 5.54. The Morgan fingerprint density at radius 2 is 1.55 bits per heavy atom. The second-order valence-corrected chi connectivity index (χ2v) is 10.1. The molecular weight excluding hydrogens is 524 g/mol. The molecule has 2 aliphatic rings. The van der Waals surface area contributed by atoms with Gasteiger partial charge >= 0.3 is 5.97 Å². The van der Waals surface area contributed by atoms with Crippen molar-refractivity contribution in [1.29, 1.82) is 0 Å². The fourth-order valence-electron chi connectivity index (χ4n) is 5.54. The summed E-state index contributed by atoms with van der Waals surface area (Å²) in [7, 11) is 0. The number of ether oxygens (including phenoxy) is 1. The van der Waals surface area contributed by atoms with Crippen molar-refractivity contribution in [1.82, 2.24) is 9.78 Å². The minimum atomic E-state index is -0.349. The normalized spacial score (nSPS) is 15.1. The average molecular weight is 553 g/mol. The zero-order valence-electron chi connectivity index (χ0n) is 23.2. The van der Waals surface area contributed by atoms with Crippen molar-refractivity contribution in [3.8, 4) is 5.69 Å². The lowest BCUT2D eigenvalue weighted by atomic mass is 9.93. The van der Waals surface area contributed by atoms with Crippen LogP contribution < -0.4 is 10.2 Å². The van der Waals surface area contributed by atoms with Gasteiger partial charge in [-0.25, -0.2) is 19.5 Å². The molecule has 0 radical (unpaired) electrons. The molecule has 5 aromatic rings. The number of hydrogen-bond donors (Lipinski definition) is 1. The third-order valence-electron chi connectivity index (χ3n) is 7.41. The van der Waals surface area contributed by atoms with Crippen LogP contribution in [0.25, 0.3) is 5.69 Å². The van der Waals surface area contributed by atoms with Crippen molar-refractivity contribution < 1.29 is 9.53 Å². The number of hydrogen-bond acceptors (Lipinski definition) is 7. The number of aryl methyl sites for hydroxylation is 1. The summed E-state index contributed by atoms with van der Waals surface area (Å²) < 4.78 is 7.06. The topological polar surface area (TPSA) is 84.1 Å². The van der Waals surface area contributed by atoms with Crippen LogP contribution in [0.1, 0.15) is 40.1 Å². The summed E-state index contributed by atoms with van der Waals surface area (Å²) in [5.74, 6) is 1.70. The number of aliphatic imine (C=N–C) groups is 2. The van der Waals surface area contributed by atoms with E-state index in [1.165, 1.54) is 0 Å². The van der Waals surface area contributed by atoms with Crippen LogP contribution in [0, 0.1) is 6.92 Å². The summed E-state index contributed by atoms with van der Waals surface area (Å²) in [4.78, 5) is 24.8. The highest BCUT2D eigenvalue weighted by atomic mass is 16.5. The maximum Gasteiger partial charge on any atom is 0.338 e. The molecule has 1 aromatic heterocycles. The number of rotatable bonds is 5. The van der Waals surface area contributed by atoms with Crippen molar-refractivity contribution >= 4 is 40.5 Å². The Hall–Kier alpha value is -5.50. The first-order valence-electron chi connectivity index (χ1n) is 13.9. The van der Waals surface area contributed by atoms with Crippen LogP contribution in [0.5, 0.6) is 0 Å². The lowest BCUT2D eigenvalue weighted by molar-refractivity contribution is 0.0526. The minimum absolute atomic E-state index is 0.189. The molecule has 8 nitrogen and oxygen atoms in total. The highest BCUT2D eigenvalue weighted by Crippen LogP contribution is 2.48. The Kier molecular flexibility index (Phi) is 6.35. The number of nitrogens with one attached hydrogen (secondary N) is 1. The zero-order chi connectivity index (χ0) is 28.6. The van der Waals surface area contributed by atoms with Crippen molar-refractivity contribution in [2.24, 2.45) is 9.98 Å². The second kappa shape index (κ2) is 10.5. The molecular formula is C34H28N6O2. The van der Waals surface area contributed by atoms with Gasteiger partial charge in [0.2, 0.25) is 0 Å². The molecule has 1 unspecified atom stereocenters. The zero-order valence-corrected chi connectivity index (χ0v) is 23.2. The van der Waals surface area contributed by atoms with Crippen molar-refractivity contribution in [2.45, 2.75) is 19.9 Å². The first kappa shape index (κ1) is 25.5. The van der Waals surface area contributed by atoms with E-state index < -0.39 is 0 Å². The second-order valence-electron chi connectivity index (χ2n) is 10.1. The first-order chi connectivity index (χ1) is 20.6. The number of para-hydroxylation sites is 3. The summed E-state index contributed by atoms with van der Waals surface area (Å²) >= 11 is 0. The average Bonchev–Trinajstić information content (AvgIpc) is 3.37. The van der Waals surface area contributed by atoms with E-state index in [0.29, 0.717) is 23.8 Å². The van der Waals surface area contributed by atoms with Gasteiger partial charge in [-0.05, 0) is 67.9 Å². The Labute approximate surface area is 243 Å². The molecule has 0 spiro atoms. The molecule has 0 saturated carbocycles. The molecule has 0 amide bonds. The predicted octanol–water partition coefficient (Wildman–Crippen LogP) is 7.15. The molecule has 42 heavy (non-hydrogen) atoms. The van der Waals surface area contributed by atoms with E-state index in [1.54, 1.807) is 19.1 Å². The Bertz CT molecular complexity index is 1840. The lowest BCUT2D eigenvalue weighted by Gasteiger charge is -2.40. The highest BCUT2D eigenvalue weighted by molar-refractivity contribution is 6.51. The van der Waals surface area contributed by atoms with E-state index in [4.69, 9.17) is 19.8 Å². The van der Waals surface area contributed by atoms with Gasteiger partial charge in [-0.3, -0.25) is 0 Å². The van der Waals surface area contributed by atoms with E-state index in [1.807, 2.05) is 78.3 Å². The monoisotopic (exact) mass is 552 g/mol. The molecule has 0 bridgehead atoms. The molecule has 1 atom stereocenters. The summed E-state index contributed by atoms with van der Waals surface area (Å²) in [6, 6.07) is 35.6. The standard InChI is InChI=1S/C34H28N6O2/c1-3-42-34(41)24-18-20-25(21-19-24)35-31-33-37-32-29(22(2)38-40(32)26-14-8-5-9-15-26)30(23-12-6-4-7-13-23)39(33)28-17-11-10-16-27(28)36-31/h4-21,30H,3H2,1-2H3,(H,35,36). The third-order valence-corrected chi connectivity index (χ3v) is 7.41. The predicted molar refractivity (Wildman–Crippen MR) is 166 cm³/mol. The minimum Gasteiger partial charge on any atom is -0.462 e. The maximum atomic E-state index is 12.2. The quantitative estimate of drug-likeness (QED) is 0.234. The smallest absolute Gasteiger partial charge is 0.338 e. The number of anilines is 2. The Balaban J connectivity index is 1.41. The molecule has 4 aromatic carbocycles. The largest absolute Gasteiger partial charge is 0.462 e. The molecule has 0 fully saturated rings. The maximum absolute atomic E-state index is 12.2. The fraction of sp³-hybridized carbons (Fsp3) is 0.118. The molecule has 2 aliphatic heterocycles. The molecule has 0 aliphatic carbocycles. The van der Waals surface area contributed by atoms with Gasteiger partial charge in [-0.1, -0.05) is 60.7 Å². The molecule has 3 heterocycles. The Morgan fingerprint density at radius 3 is 2.29 bits per heavy atom. The number of nitrogens with zero attached hydrogens (tertiary/aromatic N) is 5. The van der Waals surface area contributed by atoms with E-state index in [0.717, 1.165) is 45.4 Å². The van der Waals surface area contributed by atoms with Crippen LogP contribution in [-0.2, 0) is 4.74 Å². The van der Waals surface area contributed by atoms with Gasteiger partial charge in [0.25, 0.3) is 0 Å². The van der Waals surface area contributed by atoms with Crippen molar-refractivity contribution in [2.75, 3.05) is 16.8 Å². The van der Waals surface area contributed by atoms with Crippen LogP contribution in [0.15, 0.2) is 119 Å². The van der Waals surface area contributed by atoms with Crippen LogP contribution in [-0.4, -0.2) is 34.0 Å². The summed E-state index contributed by atoms with van der Waals surface area (Å²) in [5.41, 5.74) is 7.08. The van der Waals surface area contributed by atoms with Gasteiger partial charge in [0, 0.05) is 11.3 Å². The highest BCUT2D eigenvalue weighted by Gasteiger charge is 2.41. The van der Waals surface area contributed by atoms with Crippen LogP contribution >= 0.6 is 0 Å². The van der Waals surface area contributed by atoms with Gasteiger partial charge in [0.15, 0.2) is 17.5 Å². The van der Waals surface area contributed by atoms with E-state index >= 15 is 0 Å². The van der Waals surface area contributed by atoms with Crippen molar-refractivity contribution in [3.05, 3.63) is 132 Å². The number of carbonyl (C=O) groups is 1. The molecule has 1 N–H and O–H groups in total. The van der Waals surface area contributed by atoms with Crippen LogP contribution in [0.3, 0.4) is 0 Å². The van der Waals surface area contributed by atoms with Crippen LogP contribution in [0.2, 0.25) is 0 Å². The number of esters is 1. The number of fused-ring (bicyclic) bond motifs is 4. The number of benzene rings is 4. The molecule has 0 saturated heterocycles. The van der Waals surface area contributed by atoms with E-state index in [9.17, 15) is 4.79 Å². The third kappa shape index (κ3) is 4.34. The number of aromatic nitrogens is 2. The molecule has 7 rings (SSSR count). The van der Waals surface area contributed by atoms with Gasteiger partial charge in [0.1, 0.15) is 0 Å². The van der Waals surface area contributed by atoms with E-state index in [-0.39, 0.29) is 12.0 Å². The SMILES string of the molecule is CCOC(=O)c1ccc(NC2=Nc3ccccc3N3C2=Nc2c(c(C)nn2-c2ccccc2)C3c2ccccc2)cc1. The van der Waals surface area contributed by atoms with Gasteiger partial charge in [0.05, 0.1) is 41.0 Å². The number of carbonyl (C=O) groups excluding carboxylic acids is 1. The summed E-state index contributed by atoms with van der Waals surface area (Å²) in [6.07, 6.45) is 0. The first-order valence-corrected chi connectivity index (χ1v) is 13.9. The van der Waals surface area contributed by atoms with E-state index in [2.05, 4.69) is 40.5 Å². The van der Waals surface area contributed by atoms with Gasteiger partial charge < -0.3 is 15.0 Å². The van der Waals surface area contributed by atoms with Gasteiger partial charge in [-0.15, -0.1) is 0 Å². The lowest BCUT2D eigenvalue weighted by Crippen LogP contribution is -2.46. The van der Waals surface area contributed by atoms with Gasteiger partial charge in [-0.2, -0.15) is 5.10 Å².